The fourth-order valence-electron chi connectivity index (χ4n) is 2.86. The van der Waals surface area contributed by atoms with Gasteiger partial charge in [-0.25, -0.2) is 8.42 Å². The third kappa shape index (κ3) is 2.97. The van der Waals surface area contributed by atoms with Crippen LogP contribution in [0.5, 0.6) is 0 Å². The van der Waals surface area contributed by atoms with Crippen molar-refractivity contribution in [2.45, 2.75) is 28.6 Å². The van der Waals surface area contributed by atoms with Gasteiger partial charge in [0.15, 0.2) is 9.84 Å². The zero-order chi connectivity index (χ0) is 16.4. The predicted molar refractivity (Wildman–Crippen MR) is 83.6 cm³/mol. The van der Waals surface area contributed by atoms with Gasteiger partial charge < -0.3 is 5.11 Å². The first kappa shape index (κ1) is 15.6. The monoisotopic (exact) mass is 332 g/mol. The van der Waals surface area contributed by atoms with Crippen molar-refractivity contribution in [1.82, 2.24) is 10.3 Å². The number of rotatable bonds is 4. The molecule has 7 heteroatoms. The van der Waals surface area contributed by atoms with E-state index in [2.05, 4.69) is 10.3 Å². The lowest BCUT2D eigenvalue weighted by Gasteiger charge is -2.19. The maximum Gasteiger partial charge on any atom is 0.320 e. The summed E-state index contributed by atoms with van der Waals surface area (Å²) in [5.74, 6) is -1.06. The number of hydrogen-bond acceptors (Lipinski definition) is 5. The molecule has 2 heterocycles. The summed E-state index contributed by atoms with van der Waals surface area (Å²) >= 11 is 0. The average Bonchev–Trinajstić information content (AvgIpc) is 3.03. The Morgan fingerprint density at radius 2 is 1.83 bits per heavy atom. The van der Waals surface area contributed by atoms with Gasteiger partial charge in [-0.05, 0) is 30.7 Å². The van der Waals surface area contributed by atoms with Crippen molar-refractivity contribution in [2.75, 3.05) is 0 Å². The van der Waals surface area contributed by atoms with E-state index in [1.165, 1.54) is 12.1 Å². The Balaban J connectivity index is 2.02. The number of carboxylic acids is 1. The zero-order valence-corrected chi connectivity index (χ0v) is 13.0. The number of carbonyl (C=O) groups is 1. The summed E-state index contributed by atoms with van der Waals surface area (Å²) in [6.45, 7) is 0. The Morgan fingerprint density at radius 1 is 1.13 bits per heavy atom. The number of aliphatic carboxylic acids is 1. The van der Waals surface area contributed by atoms with E-state index in [9.17, 15) is 18.3 Å². The minimum Gasteiger partial charge on any atom is -0.480 e. The fourth-order valence-corrected chi connectivity index (χ4v) is 4.77. The van der Waals surface area contributed by atoms with Gasteiger partial charge in [-0.15, -0.1) is 0 Å². The van der Waals surface area contributed by atoms with Gasteiger partial charge in [0.1, 0.15) is 6.04 Å². The van der Waals surface area contributed by atoms with Gasteiger partial charge in [-0.1, -0.05) is 24.3 Å². The summed E-state index contributed by atoms with van der Waals surface area (Å²) in [7, 11) is -3.67. The van der Waals surface area contributed by atoms with E-state index < -0.39 is 33.1 Å². The molecule has 1 aliphatic rings. The Morgan fingerprint density at radius 3 is 2.43 bits per heavy atom. The zero-order valence-electron chi connectivity index (χ0n) is 12.2. The summed E-state index contributed by atoms with van der Waals surface area (Å²) in [5.41, 5.74) is 0.528. The van der Waals surface area contributed by atoms with Gasteiger partial charge in [-0.2, -0.15) is 0 Å². The number of pyridine rings is 1. The van der Waals surface area contributed by atoms with E-state index in [1.807, 2.05) is 0 Å². The molecule has 1 saturated heterocycles. The highest BCUT2D eigenvalue weighted by Crippen LogP contribution is 2.34. The number of sulfone groups is 1. The van der Waals surface area contributed by atoms with Crippen LogP contribution in [0.3, 0.4) is 0 Å². The molecule has 1 fully saturated rings. The van der Waals surface area contributed by atoms with Crippen LogP contribution in [0, 0.1) is 0 Å². The predicted octanol–water partition coefficient (Wildman–Crippen LogP) is 1.41. The molecule has 0 saturated carbocycles. The standard InChI is InChI=1S/C16H16N2O4S/c19-16(20)13-10-14(15(18-13)12-8-4-5-9-17-12)23(21,22)11-6-2-1-3-7-11/h1-9,13-15,18H,10H2,(H,19,20). The van der Waals surface area contributed by atoms with E-state index >= 15 is 0 Å². The minimum atomic E-state index is -3.67. The maximum absolute atomic E-state index is 12.9. The minimum absolute atomic E-state index is 0.00774. The van der Waals surface area contributed by atoms with Crippen molar-refractivity contribution < 1.29 is 18.3 Å². The molecule has 2 aromatic rings. The molecule has 23 heavy (non-hydrogen) atoms. The largest absolute Gasteiger partial charge is 0.480 e. The number of nitrogens with zero attached hydrogens (tertiary/aromatic N) is 1. The lowest BCUT2D eigenvalue weighted by molar-refractivity contribution is -0.139. The fraction of sp³-hybridized carbons (Fsp3) is 0.250. The molecule has 0 radical (unpaired) electrons. The maximum atomic E-state index is 12.9. The Hall–Kier alpha value is -2.25. The van der Waals surface area contributed by atoms with Crippen LogP contribution in [0.4, 0.5) is 0 Å². The third-order valence-corrected chi connectivity index (χ3v) is 6.19. The SMILES string of the molecule is O=C(O)C1CC(S(=O)(=O)c2ccccc2)C(c2ccccn2)N1. The molecule has 3 unspecified atom stereocenters. The van der Waals surface area contributed by atoms with Crippen molar-refractivity contribution in [3.05, 3.63) is 60.4 Å². The van der Waals surface area contributed by atoms with Crippen LogP contribution in [0.25, 0.3) is 0 Å². The molecule has 120 valence electrons. The van der Waals surface area contributed by atoms with Gasteiger partial charge in [0.05, 0.1) is 21.9 Å². The van der Waals surface area contributed by atoms with Crippen molar-refractivity contribution in [3.63, 3.8) is 0 Å². The second kappa shape index (κ2) is 6.10. The molecule has 3 atom stereocenters. The quantitative estimate of drug-likeness (QED) is 0.879. The number of aromatic nitrogens is 1. The number of nitrogens with one attached hydrogen (secondary N) is 1. The molecular weight excluding hydrogens is 316 g/mol. The molecular formula is C16H16N2O4S. The summed E-state index contributed by atoms with van der Waals surface area (Å²) in [6.07, 6.45) is 1.57. The first-order valence-corrected chi connectivity index (χ1v) is 8.73. The van der Waals surface area contributed by atoms with Crippen molar-refractivity contribution in [1.29, 1.82) is 0 Å². The molecule has 1 aliphatic heterocycles. The van der Waals surface area contributed by atoms with Gasteiger partial charge in [-0.3, -0.25) is 15.1 Å². The Labute approximate surface area is 134 Å². The second-order valence-corrected chi connectivity index (χ2v) is 7.59. The van der Waals surface area contributed by atoms with E-state index in [-0.39, 0.29) is 11.3 Å². The smallest absolute Gasteiger partial charge is 0.320 e. The van der Waals surface area contributed by atoms with Crippen molar-refractivity contribution in [3.8, 4) is 0 Å². The summed E-state index contributed by atoms with van der Waals surface area (Å²) in [5, 5.41) is 11.3. The van der Waals surface area contributed by atoms with Crippen LogP contribution < -0.4 is 5.32 Å². The molecule has 6 nitrogen and oxygen atoms in total. The van der Waals surface area contributed by atoms with E-state index in [0.29, 0.717) is 5.69 Å². The summed E-state index contributed by atoms with van der Waals surface area (Å²) in [4.78, 5) is 15.7. The highest BCUT2D eigenvalue weighted by atomic mass is 32.2. The highest BCUT2D eigenvalue weighted by molar-refractivity contribution is 7.92. The molecule has 3 rings (SSSR count). The van der Waals surface area contributed by atoms with Crippen LogP contribution >= 0.6 is 0 Å². The summed E-state index contributed by atoms with van der Waals surface area (Å²) < 4.78 is 25.9. The lowest BCUT2D eigenvalue weighted by Crippen LogP contribution is -2.33. The van der Waals surface area contributed by atoms with E-state index in [1.54, 1.807) is 42.6 Å². The second-order valence-electron chi connectivity index (χ2n) is 5.42. The normalized spacial score (nSPS) is 24.4. The van der Waals surface area contributed by atoms with Crippen LogP contribution in [-0.2, 0) is 14.6 Å². The summed E-state index contributed by atoms with van der Waals surface area (Å²) in [6, 6.07) is 11.7. The molecule has 0 spiro atoms. The highest BCUT2D eigenvalue weighted by Gasteiger charge is 2.46. The van der Waals surface area contributed by atoms with Crippen LogP contribution in [-0.4, -0.2) is 35.8 Å². The third-order valence-electron chi connectivity index (χ3n) is 4.00. The molecule has 0 bridgehead atoms. The number of carboxylic acid groups (broad SMARTS) is 1. The lowest BCUT2D eigenvalue weighted by atomic mass is 10.1. The Kier molecular flexibility index (Phi) is 4.14. The van der Waals surface area contributed by atoms with Gasteiger partial charge in [0.2, 0.25) is 0 Å². The van der Waals surface area contributed by atoms with Crippen molar-refractivity contribution in [2.24, 2.45) is 0 Å². The van der Waals surface area contributed by atoms with Crippen LogP contribution in [0.2, 0.25) is 0 Å². The first-order chi connectivity index (χ1) is 11.0. The molecule has 0 aliphatic carbocycles. The van der Waals surface area contributed by atoms with Crippen LogP contribution in [0.1, 0.15) is 18.2 Å². The van der Waals surface area contributed by atoms with Crippen LogP contribution in [0.15, 0.2) is 59.6 Å². The first-order valence-electron chi connectivity index (χ1n) is 7.19. The van der Waals surface area contributed by atoms with E-state index in [0.717, 1.165) is 0 Å². The number of hydrogen-bond donors (Lipinski definition) is 2. The van der Waals surface area contributed by atoms with Gasteiger partial charge in [0, 0.05) is 6.20 Å². The van der Waals surface area contributed by atoms with E-state index in [4.69, 9.17) is 0 Å². The van der Waals surface area contributed by atoms with Gasteiger partial charge >= 0.3 is 5.97 Å². The molecule has 1 aromatic heterocycles. The average molecular weight is 332 g/mol. The molecule has 2 N–H and O–H groups in total. The topological polar surface area (TPSA) is 96.4 Å². The molecule has 1 aromatic carbocycles. The Bertz CT molecular complexity index is 793. The number of benzene rings is 1. The molecule has 0 amide bonds. The van der Waals surface area contributed by atoms with Crippen molar-refractivity contribution >= 4 is 15.8 Å². The van der Waals surface area contributed by atoms with Gasteiger partial charge in [0.25, 0.3) is 0 Å².